The summed E-state index contributed by atoms with van der Waals surface area (Å²) in [6.07, 6.45) is 1.42. The monoisotopic (exact) mass is 398 g/mol. The zero-order valence-electron chi connectivity index (χ0n) is 15.6. The van der Waals surface area contributed by atoms with Gasteiger partial charge < -0.3 is 20.1 Å². The van der Waals surface area contributed by atoms with Crippen LogP contribution in [0.4, 0.5) is 23.0 Å². The van der Waals surface area contributed by atoms with Crippen molar-refractivity contribution < 1.29 is 14.3 Å². The van der Waals surface area contributed by atoms with Crippen LogP contribution in [0.3, 0.4) is 0 Å². The van der Waals surface area contributed by atoms with Gasteiger partial charge in [0.2, 0.25) is 0 Å². The Morgan fingerprint density at radius 3 is 2.36 bits per heavy atom. The predicted octanol–water partition coefficient (Wildman–Crippen LogP) is 4.72. The van der Waals surface area contributed by atoms with Gasteiger partial charge in [-0.3, -0.25) is 0 Å². The second kappa shape index (κ2) is 8.58. The van der Waals surface area contributed by atoms with Crippen molar-refractivity contribution in [2.24, 2.45) is 0 Å². The lowest BCUT2D eigenvalue weighted by Crippen LogP contribution is -2.03. The van der Waals surface area contributed by atoms with Crippen LogP contribution in [0.1, 0.15) is 15.9 Å². The number of anilines is 4. The van der Waals surface area contributed by atoms with E-state index in [9.17, 15) is 4.79 Å². The molecule has 0 atom stereocenters. The van der Waals surface area contributed by atoms with Gasteiger partial charge in [-0.25, -0.2) is 14.8 Å². The first kappa shape index (κ1) is 19.4. The summed E-state index contributed by atoms with van der Waals surface area (Å²) in [4.78, 5) is 20.2. The minimum Gasteiger partial charge on any atom is -0.495 e. The summed E-state index contributed by atoms with van der Waals surface area (Å²) in [5, 5.41) is 6.76. The third kappa shape index (κ3) is 4.50. The molecule has 0 radical (unpaired) electrons. The highest BCUT2D eigenvalue weighted by atomic mass is 35.5. The molecule has 0 aliphatic carbocycles. The number of carbonyl (C=O) groups is 1. The highest BCUT2D eigenvalue weighted by Gasteiger charge is 2.11. The Morgan fingerprint density at radius 1 is 0.964 bits per heavy atom. The van der Waals surface area contributed by atoms with Crippen LogP contribution in [-0.4, -0.2) is 30.2 Å². The smallest absolute Gasteiger partial charge is 0.337 e. The summed E-state index contributed by atoms with van der Waals surface area (Å²) in [6.45, 7) is 1.99. The quantitative estimate of drug-likeness (QED) is 0.581. The van der Waals surface area contributed by atoms with Crippen LogP contribution in [0.2, 0.25) is 5.02 Å². The minimum absolute atomic E-state index is 0.381. The third-order valence-electron chi connectivity index (χ3n) is 3.93. The lowest BCUT2D eigenvalue weighted by molar-refractivity contribution is 0.0601. The highest BCUT2D eigenvalue weighted by molar-refractivity contribution is 6.33. The number of methoxy groups -OCH3 is 2. The summed E-state index contributed by atoms with van der Waals surface area (Å²) in [5.74, 6) is 1.33. The molecular weight excluding hydrogens is 380 g/mol. The Bertz CT molecular complexity index is 1010. The number of aryl methyl sites for hydroxylation is 1. The zero-order valence-corrected chi connectivity index (χ0v) is 16.4. The maximum atomic E-state index is 11.7. The number of hydrogen-bond donors (Lipinski definition) is 2. The van der Waals surface area contributed by atoms with Crippen molar-refractivity contribution in [3.8, 4) is 5.75 Å². The molecule has 0 saturated heterocycles. The van der Waals surface area contributed by atoms with Crippen LogP contribution in [-0.2, 0) is 4.74 Å². The molecule has 0 amide bonds. The number of rotatable bonds is 6. The molecule has 7 nitrogen and oxygen atoms in total. The van der Waals surface area contributed by atoms with Crippen molar-refractivity contribution >= 4 is 40.6 Å². The molecule has 28 heavy (non-hydrogen) atoms. The molecule has 0 fully saturated rings. The number of benzene rings is 2. The van der Waals surface area contributed by atoms with E-state index in [2.05, 4.69) is 20.6 Å². The van der Waals surface area contributed by atoms with Crippen LogP contribution in [0.25, 0.3) is 0 Å². The second-order valence-electron chi connectivity index (χ2n) is 5.93. The van der Waals surface area contributed by atoms with Gasteiger partial charge in [0.05, 0.1) is 36.2 Å². The maximum Gasteiger partial charge on any atom is 0.337 e. The van der Waals surface area contributed by atoms with E-state index in [1.165, 1.54) is 13.4 Å². The molecule has 0 unspecified atom stereocenters. The molecule has 0 aliphatic heterocycles. The van der Waals surface area contributed by atoms with Gasteiger partial charge in [-0.1, -0.05) is 17.7 Å². The molecule has 2 N–H and O–H groups in total. The Hall–Kier alpha value is -3.32. The first-order valence-corrected chi connectivity index (χ1v) is 8.76. The van der Waals surface area contributed by atoms with Gasteiger partial charge in [0.25, 0.3) is 0 Å². The standard InChI is InChI=1S/C20H19ClN4O3/c1-12-4-7-17(27-2)16(8-12)25-19-10-18(22-11-23-19)24-15-9-13(20(26)28-3)5-6-14(15)21/h4-11H,1-3H3,(H2,22,23,24,25). The van der Waals surface area contributed by atoms with E-state index in [0.717, 1.165) is 11.3 Å². The fourth-order valence-electron chi connectivity index (χ4n) is 2.56. The van der Waals surface area contributed by atoms with E-state index >= 15 is 0 Å². The fraction of sp³-hybridized carbons (Fsp3) is 0.150. The molecule has 3 rings (SSSR count). The maximum absolute atomic E-state index is 11.7. The zero-order chi connectivity index (χ0) is 20.1. The average Bonchev–Trinajstić information content (AvgIpc) is 2.69. The van der Waals surface area contributed by atoms with E-state index in [4.69, 9.17) is 21.1 Å². The number of hydrogen-bond acceptors (Lipinski definition) is 7. The van der Waals surface area contributed by atoms with Gasteiger partial charge in [-0.2, -0.15) is 0 Å². The van der Waals surface area contributed by atoms with Crippen LogP contribution >= 0.6 is 11.6 Å². The highest BCUT2D eigenvalue weighted by Crippen LogP contribution is 2.30. The predicted molar refractivity (Wildman–Crippen MR) is 109 cm³/mol. The molecule has 0 saturated carbocycles. The molecule has 2 aromatic carbocycles. The van der Waals surface area contributed by atoms with Gasteiger partial charge in [-0.05, 0) is 42.8 Å². The Kier molecular flexibility index (Phi) is 5.96. The van der Waals surface area contributed by atoms with E-state index in [1.807, 2.05) is 25.1 Å². The summed E-state index contributed by atoms with van der Waals surface area (Å²) in [7, 11) is 2.94. The van der Waals surface area contributed by atoms with Crippen LogP contribution in [0.15, 0.2) is 48.8 Å². The number of ether oxygens (including phenoxy) is 2. The third-order valence-corrected chi connectivity index (χ3v) is 4.26. The molecule has 144 valence electrons. The van der Waals surface area contributed by atoms with Gasteiger partial charge in [0.1, 0.15) is 23.7 Å². The number of aromatic nitrogens is 2. The Morgan fingerprint density at radius 2 is 1.68 bits per heavy atom. The van der Waals surface area contributed by atoms with Gasteiger partial charge >= 0.3 is 5.97 Å². The number of esters is 1. The largest absolute Gasteiger partial charge is 0.495 e. The first-order chi connectivity index (χ1) is 13.5. The number of nitrogens with zero attached hydrogens (tertiary/aromatic N) is 2. The van der Waals surface area contributed by atoms with Crippen LogP contribution in [0.5, 0.6) is 5.75 Å². The van der Waals surface area contributed by atoms with E-state index in [0.29, 0.717) is 33.7 Å². The molecule has 8 heteroatoms. The van der Waals surface area contributed by atoms with Gasteiger partial charge in [-0.15, -0.1) is 0 Å². The number of nitrogens with one attached hydrogen (secondary N) is 2. The first-order valence-electron chi connectivity index (χ1n) is 8.38. The van der Waals surface area contributed by atoms with Crippen molar-refractivity contribution in [1.82, 2.24) is 9.97 Å². The molecule has 1 aromatic heterocycles. The fourth-order valence-corrected chi connectivity index (χ4v) is 2.72. The SMILES string of the molecule is COC(=O)c1ccc(Cl)c(Nc2cc(Nc3cc(C)ccc3OC)ncn2)c1. The summed E-state index contributed by atoms with van der Waals surface area (Å²) in [6, 6.07) is 12.4. The molecule has 0 bridgehead atoms. The molecular formula is C20H19ClN4O3. The Labute approximate surface area is 167 Å². The van der Waals surface area contributed by atoms with E-state index in [-0.39, 0.29) is 0 Å². The van der Waals surface area contributed by atoms with E-state index in [1.54, 1.807) is 31.4 Å². The second-order valence-corrected chi connectivity index (χ2v) is 6.34. The summed E-state index contributed by atoms with van der Waals surface area (Å²) < 4.78 is 10.1. The van der Waals surface area contributed by atoms with Gasteiger partial charge in [0.15, 0.2) is 0 Å². The number of carbonyl (C=O) groups excluding carboxylic acids is 1. The Balaban J connectivity index is 1.85. The van der Waals surface area contributed by atoms with E-state index < -0.39 is 5.97 Å². The normalized spacial score (nSPS) is 10.3. The van der Waals surface area contributed by atoms with Crippen molar-refractivity contribution in [3.63, 3.8) is 0 Å². The molecule has 0 spiro atoms. The summed E-state index contributed by atoms with van der Waals surface area (Å²) >= 11 is 6.23. The lowest BCUT2D eigenvalue weighted by atomic mass is 10.2. The van der Waals surface area contributed by atoms with Gasteiger partial charge in [0, 0.05) is 6.07 Å². The topological polar surface area (TPSA) is 85.4 Å². The lowest BCUT2D eigenvalue weighted by Gasteiger charge is -2.13. The van der Waals surface area contributed by atoms with Crippen molar-refractivity contribution in [3.05, 3.63) is 64.9 Å². The summed E-state index contributed by atoms with van der Waals surface area (Å²) in [5.41, 5.74) is 2.79. The molecule has 0 aliphatic rings. The average molecular weight is 399 g/mol. The molecule has 3 aromatic rings. The minimum atomic E-state index is -0.448. The van der Waals surface area contributed by atoms with Crippen molar-refractivity contribution in [1.29, 1.82) is 0 Å². The van der Waals surface area contributed by atoms with Crippen molar-refractivity contribution in [2.75, 3.05) is 24.9 Å². The number of halogens is 1. The molecule has 1 heterocycles. The van der Waals surface area contributed by atoms with Crippen LogP contribution < -0.4 is 15.4 Å². The van der Waals surface area contributed by atoms with Crippen molar-refractivity contribution in [2.45, 2.75) is 6.92 Å². The van der Waals surface area contributed by atoms with Crippen LogP contribution in [0, 0.1) is 6.92 Å².